The number of aliphatic hydroxyl groups excluding tert-OH is 1. The van der Waals surface area contributed by atoms with Gasteiger partial charge in [-0.05, 0) is 31.6 Å². The van der Waals surface area contributed by atoms with Gasteiger partial charge in [0.05, 0.1) is 29.8 Å². The Labute approximate surface area is 208 Å². The van der Waals surface area contributed by atoms with E-state index in [1.165, 1.54) is 0 Å². The fourth-order valence-corrected chi connectivity index (χ4v) is 8.49. The van der Waals surface area contributed by atoms with Crippen LogP contribution in [0, 0.1) is 17.8 Å². The third-order valence-corrected chi connectivity index (χ3v) is 9.66. The number of amides is 2. The van der Waals surface area contributed by atoms with Gasteiger partial charge in [0.25, 0.3) is 0 Å². The molecule has 34 heavy (non-hydrogen) atoms. The second kappa shape index (κ2) is 11.8. The van der Waals surface area contributed by atoms with Crippen LogP contribution < -0.4 is 0 Å². The maximum absolute atomic E-state index is 14.0. The molecule has 8 heteroatoms. The summed E-state index contributed by atoms with van der Waals surface area (Å²) < 4.78 is 4.91. The number of unbranched alkanes of at least 4 members (excludes halogenated alkanes) is 3. The van der Waals surface area contributed by atoms with Gasteiger partial charge in [0.2, 0.25) is 11.8 Å². The van der Waals surface area contributed by atoms with Crippen molar-refractivity contribution in [3.05, 3.63) is 25.3 Å². The SMILES string of the molecule is C=CCCCOC(=O)[C@@H]1[C@@H]2CC(C)C3(S2)C(C(=O)N(CC=C)CCCCC)N(CCO)C(=O)[C@H]13. The molecule has 3 rings (SSSR count). The number of esters is 1. The summed E-state index contributed by atoms with van der Waals surface area (Å²) in [5, 5.41) is 9.72. The minimum Gasteiger partial charge on any atom is -0.465 e. The standard InChI is InChI=1S/C26H40N2O5S/c1-5-8-10-13-27(12-7-3)24(31)22-26-18(4)17-19(34-26)20(25(32)33-16-11-9-6-2)21(26)23(30)28(22)14-15-29/h6-7,18-22,29H,2-3,5,8-17H2,1,4H3/t18?,19-,20+,21-,22?,26?/m0/s1. The number of hydrogen-bond donors (Lipinski definition) is 1. The van der Waals surface area contributed by atoms with Crippen LogP contribution in [0.25, 0.3) is 0 Å². The van der Waals surface area contributed by atoms with Crippen molar-refractivity contribution in [1.82, 2.24) is 9.80 Å². The molecule has 0 aromatic rings. The summed E-state index contributed by atoms with van der Waals surface area (Å²) in [6.45, 7) is 12.9. The Morgan fingerprint density at radius 1 is 1.29 bits per heavy atom. The van der Waals surface area contributed by atoms with Crippen LogP contribution in [0.3, 0.4) is 0 Å². The fraction of sp³-hybridized carbons (Fsp3) is 0.731. The summed E-state index contributed by atoms with van der Waals surface area (Å²) >= 11 is 1.64. The summed E-state index contributed by atoms with van der Waals surface area (Å²) in [4.78, 5) is 44.3. The van der Waals surface area contributed by atoms with Gasteiger partial charge in [-0.2, -0.15) is 0 Å². The van der Waals surface area contributed by atoms with Crippen molar-refractivity contribution in [2.45, 2.75) is 68.4 Å². The number of β-amino-alcohol motifs (C(OH)–C–C–N with tert-alkyl or cyclic N) is 1. The average Bonchev–Trinajstić information content (AvgIpc) is 3.40. The monoisotopic (exact) mass is 492 g/mol. The highest BCUT2D eigenvalue weighted by Gasteiger charge is 2.76. The zero-order valence-electron chi connectivity index (χ0n) is 20.6. The first-order valence-electron chi connectivity index (χ1n) is 12.6. The van der Waals surface area contributed by atoms with Gasteiger partial charge < -0.3 is 19.6 Å². The first-order valence-corrected chi connectivity index (χ1v) is 13.5. The molecule has 2 amide bonds. The molecule has 3 fully saturated rings. The molecule has 3 heterocycles. The number of nitrogens with zero attached hydrogens (tertiary/aromatic N) is 2. The largest absolute Gasteiger partial charge is 0.465 e. The zero-order chi connectivity index (χ0) is 24.9. The lowest BCUT2D eigenvalue weighted by atomic mass is 9.66. The summed E-state index contributed by atoms with van der Waals surface area (Å²) in [5.41, 5.74) is 0. The van der Waals surface area contributed by atoms with Crippen molar-refractivity contribution in [2.24, 2.45) is 17.8 Å². The predicted molar refractivity (Wildman–Crippen MR) is 134 cm³/mol. The lowest BCUT2D eigenvalue weighted by Crippen LogP contribution is -2.57. The lowest BCUT2D eigenvalue weighted by Gasteiger charge is -2.40. The highest BCUT2D eigenvalue weighted by Crippen LogP contribution is 2.68. The van der Waals surface area contributed by atoms with E-state index in [0.29, 0.717) is 26.1 Å². The van der Waals surface area contributed by atoms with Crippen molar-refractivity contribution in [1.29, 1.82) is 0 Å². The van der Waals surface area contributed by atoms with Gasteiger partial charge in [0.1, 0.15) is 6.04 Å². The van der Waals surface area contributed by atoms with Crippen LogP contribution in [0.15, 0.2) is 25.3 Å². The number of hydrogen-bond acceptors (Lipinski definition) is 6. The van der Waals surface area contributed by atoms with E-state index in [-0.39, 0.29) is 42.1 Å². The van der Waals surface area contributed by atoms with Crippen LogP contribution in [0.5, 0.6) is 0 Å². The molecule has 6 atom stereocenters. The Balaban J connectivity index is 1.92. The number of fused-ring (bicyclic) bond motifs is 1. The molecule has 3 aliphatic rings. The lowest BCUT2D eigenvalue weighted by molar-refractivity contribution is -0.154. The molecule has 7 nitrogen and oxygen atoms in total. The normalized spacial score (nSPS) is 31.4. The molecule has 1 spiro atoms. The number of carbonyl (C=O) groups excluding carboxylic acids is 3. The van der Waals surface area contributed by atoms with E-state index in [2.05, 4.69) is 27.0 Å². The van der Waals surface area contributed by atoms with Crippen molar-refractivity contribution >= 4 is 29.5 Å². The Morgan fingerprint density at radius 3 is 2.71 bits per heavy atom. The number of carbonyl (C=O) groups is 3. The maximum Gasteiger partial charge on any atom is 0.310 e. The molecule has 1 N–H and O–H groups in total. The molecule has 3 saturated heterocycles. The summed E-state index contributed by atoms with van der Waals surface area (Å²) in [5.74, 6) is -1.68. The van der Waals surface area contributed by atoms with Crippen LogP contribution >= 0.6 is 11.8 Å². The molecule has 0 aromatic carbocycles. The zero-order valence-corrected chi connectivity index (χ0v) is 21.4. The van der Waals surface area contributed by atoms with Crippen LogP contribution in [0.4, 0.5) is 0 Å². The van der Waals surface area contributed by atoms with E-state index in [0.717, 1.165) is 32.1 Å². The van der Waals surface area contributed by atoms with Gasteiger partial charge >= 0.3 is 5.97 Å². The second-order valence-electron chi connectivity index (χ2n) is 9.69. The Bertz CT molecular complexity index is 789. The highest BCUT2D eigenvalue weighted by atomic mass is 32.2. The highest BCUT2D eigenvalue weighted by molar-refractivity contribution is 8.02. The quantitative estimate of drug-likeness (QED) is 0.228. The average molecular weight is 493 g/mol. The maximum atomic E-state index is 14.0. The topological polar surface area (TPSA) is 87.2 Å². The van der Waals surface area contributed by atoms with Crippen LogP contribution in [0.1, 0.15) is 52.4 Å². The molecular formula is C26H40N2O5S. The number of rotatable bonds is 14. The third kappa shape index (κ3) is 4.68. The minimum atomic E-state index is -0.692. The molecule has 3 unspecified atom stereocenters. The summed E-state index contributed by atoms with van der Waals surface area (Å²) in [6.07, 6.45) is 8.70. The van der Waals surface area contributed by atoms with Gasteiger partial charge in [-0.3, -0.25) is 14.4 Å². The van der Waals surface area contributed by atoms with Gasteiger partial charge in [-0.1, -0.05) is 38.8 Å². The molecule has 2 bridgehead atoms. The molecule has 0 aliphatic carbocycles. The van der Waals surface area contributed by atoms with Crippen molar-refractivity contribution in [3.63, 3.8) is 0 Å². The number of ether oxygens (including phenoxy) is 1. The first-order chi connectivity index (χ1) is 16.4. The van der Waals surface area contributed by atoms with E-state index in [1.54, 1.807) is 33.7 Å². The molecule has 3 aliphatic heterocycles. The van der Waals surface area contributed by atoms with Gasteiger partial charge in [-0.15, -0.1) is 24.9 Å². The van der Waals surface area contributed by atoms with E-state index < -0.39 is 22.6 Å². The molecule has 0 radical (unpaired) electrons. The van der Waals surface area contributed by atoms with E-state index in [4.69, 9.17) is 4.74 Å². The van der Waals surface area contributed by atoms with E-state index >= 15 is 0 Å². The second-order valence-corrected chi connectivity index (χ2v) is 11.2. The molecule has 0 saturated carbocycles. The number of allylic oxidation sites excluding steroid dienone is 1. The van der Waals surface area contributed by atoms with Gasteiger partial charge in [0, 0.05) is 24.9 Å². The predicted octanol–water partition coefficient (Wildman–Crippen LogP) is 3.03. The molecule has 190 valence electrons. The summed E-state index contributed by atoms with van der Waals surface area (Å²) in [7, 11) is 0. The van der Waals surface area contributed by atoms with Gasteiger partial charge in [-0.25, -0.2) is 0 Å². The third-order valence-electron chi connectivity index (χ3n) is 7.58. The summed E-state index contributed by atoms with van der Waals surface area (Å²) in [6, 6.07) is -0.692. The Hall–Kier alpha value is -1.80. The van der Waals surface area contributed by atoms with Crippen molar-refractivity contribution in [2.75, 3.05) is 32.8 Å². The molecular weight excluding hydrogens is 452 g/mol. The van der Waals surface area contributed by atoms with Crippen LogP contribution in [-0.2, 0) is 19.1 Å². The van der Waals surface area contributed by atoms with Crippen molar-refractivity contribution in [3.8, 4) is 0 Å². The van der Waals surface area contributed by atoms with Gasteiger partial charge in [0.15, 0.2) is 0 Å². The Morgan fingerprint density at radius 2 is 2.06 bits per heavy atom. The minimum absolute atomic E-state index is 0.0321. The van der Waals surface area contributed by atoms with E-state index in [9.17, 15) is 19.5 Å². The van der Waals surface area contributed by atoms with Crippen LogP contribution in [0.2, 0.25) is 0 Å². The van der Waals surface area contributed by atoms with E-state index in [1.807, 2.05) is 0 Å². The number of likely N-dealkylation sites (tertiary alicyclic amines) is 1. The first kappa shape index (κ1) is 26.8. The molecule has 0 aromatic heterocycles. The Kier molecular flexibility index (Phi) is 9.27. The fourth-order valence-electron chi connectivity index (χ4n) is 6.08. The number of thioether (sulfide) groups is 1. The number of aliphatic hydroxyl groups is 1. The van der Waals surface area contributed by atoms with Crippen molar-refractivity contribution < 1.29 is 24.2 Å². The van der Waals surface area contributed by atoms with Crippen LogP contribution in [-0.4, -0.2) is 81.6 Å². The smallest absolute Gasteiger partial charge is 0.310 e.